The third-order valence-electron chi connectivity index (χ3n) is 9.78. The third-order valence-corrected chi connectivity index (χ3v) is 10.0. The van der Waals surface area contributed by atoms with Gasteiger partial charge in [-0.25, -0.2) is 0 Å². The van der Waals surface area contributed by atoms with Crippen molar-refractivity contribution in [1.29, 1.82) is 0 Å². The van der Waals surface area contributed by atoms with Gasteiger partial charge in [-0.1, -0.05) is 32.4 Å². The Morgan fingerprint density at radius 2 is 1.83 bits per heavy atom. The Morgan fingerprint density at radius 3 is 2.57 bits per heavy atom. The fraction of sp³-hybridized carbons (Fsp3) is 0.731. The molecule has 4 fully saturated rings. The number of likely N-dealkylation sites (tertiary alicyclic amines) is 1. The molecule has 0 bridgehead atoms. The van der Waals surface area contributed by atoms with Crippen molar-refractivity contribution in [2.45, 2.75) is 77.9 Å². The lowest BCUT2D eigenvalue weighted by Crippen LogP contribution is -2.62. The van der Waals surface area contributed by atoms with Crippen LogP contribution in [-0.4, -0.2) is 30.0 Å². The molecule has 0 radical (unpaired) electrons. The summed E-state index contributed by atoms with van der Waals surface area (Å²) in [5, 5.41) is 0.756. The van der Waals surface area contributed by atoms with Crippen molar-refractivity contribution in [2.75, 3.05) is 7.05 Å². The van der Waals surface area contributed by atoms with E-state index < -0.39 is 0 Å². The Bertz CT molecular complexity index is 825. The summed E-state index contributed by atoms with van der Waals surface area (Å²) in [5.41, 5.74) is 0.655. The van der Waals surface area contributed by atoms with E-state index in [1.54, 1.807) is 0 Å². The highest BCUT2D eigenvalue weighted by atomic mass is 35.5. The molecule has 4 heteroatoms. The maximum absolute atomic E-state index is 12.4. The van der Waals surface area contributed by atoms with Gasteiger partial charge in [-0.05, 0) is 97.3 Å². The minimum atomic E-state index is 0.274. The first kappa shape index (κ1) is 20.7. The molecule has 30 heavy (non-hydrogen) atoms. The van der Waals surface area contributed by atoms with Crippen LogP contribution in [0.5, 0.6) is 5.75 Å². The number of piperidine rings is 1. The van der Waals surface area contributed by atoms with Gasteiger partial charge in [0, 0.05) is 24.5 Å². The van der Waals surface area contributed by atoms with E-state index in [-0.39, 0.29) is 5.41 Å². The smallest absolute Gasteiger partial charge is 0.222 e. The molecule has 164 valence electrons. The lowest BCUT2D eigenvalue weighted by molar-refractivity contribution is -0.164. The minimum absolute atomic E-state index is 0.274. The number of carbonyl (C=O) groups excluding carboxylic acids is 1. The van der Waals surface area contributed by atoms with Crippen LogP contribution in [0, 0.1) is 34.5 Å². The molecule has 8 atom stereocenters. The van der Waals surface area contributed by atoms with E-state index in [0.717, 1.165) is 54.2 Å². The maximum atomic E-state index is 12.4. The second-order valence-electron chi connectivity index (χ2n) is 11.4. The van der Waals surface area contributed by atoms with Crippen molar-refractivity contribution in [2.24, 2.45) is 34.5 Å². The van der Waals surface area contributed by atoms with Crippen LogP contribution in [0.2, 0.25) is 5.02 Å². The number of amides is 1. The molecule has 0 unspecified atom stereocenters. The molecule has 5 rings (SSSR count). The zero-order valence-electron chi connectivity index (χ0n) is 18.9. The fourth-order valence-corrected chi connectivity index (χ4v) is 8.38. The number of hydrogen-bond acceptors (Lipinski definition) is 2. The molecule has 1 aromatic rings. The quantitative estimate of drug-likeness (QED) is 0.560. The van der Waals surface area contributed by atoms with Crippen LogP contribution in [-0.2, 0) is 4.79 Å². The first-order chi connectivity index (χ1) is 14.2. The molecule has 1 amide bonds. The molecule has 4 aliphatic rings. The van der Waals surface area contributed by atoms with Crippen LogP contribution >= 0.6 is 11.6 Å². The van der Waals surface area contributed by atoms with Crippen LogP contribution < -0.4 is 4.74 Å². The molecule has 0 spiro atoms. The van der Waals surface area contributed by atoms with Gasteiger partial charge in [-0.2, -0.15) is 0 Å². The van der Waals surface area contributed by atoms with Crippen molar-refractivity contribution in [3.8, 4) is 5.75 Å². The average Bonchev–Trinajstić information content (AvgIpc) is 3.04. The van der Waals surface area contributed by atoms with E-state index in [4.69, 9.17) is 16.3 Å². The monoisotopic (exact) mass is 429 g/mol. The van der Waals surface area contributed by atoms with Gasteiger partial charge in [-0.3, -0.25) is 4.79 Å². The molecule has 0 N–H and O–H groups in total. The third kappa shape index (κ3) is 3.10. The molecule has 3 nitrogen and oxygen atoms in total. The highest BCUT2D eigenvalue weighted by Gasteiger charge is 2.62. The van der Waals surface area contributed by atoms with Crippen LogP contribution in [0.25, 0.3) is 0 Å². The Hall–Kier alpha value is -1.22. The highest BCUT2D eigenvalue weighted by molar-refractivity contribution is 6.30. The fourth-order valence-electron chi connectivity index (χ4n) is 8.25. The van der Waals surface area contributed by atoms with E-state index in [9.17, 15) is 4.79 Å². The predicted molar refractivity (Wildman–Crippen MR) is 121 cm³/mol. The van der Waals surface area contributed by atoms with Crippen molar-refractivity contribution in [3.63, 3.8) is 0 Å². The van der Waals surface area contributed by atoms with E-state index in [1.807, 2.05) is 24.3 Å². The summed E-state index contributed by atoms with van der Waals surface area (Å²) >= 11 is 6.05. The van der Waals surface area contributed by atoms with Crippen LogP contribution in [0.1, 0.15) is 65.7 Å². The first-order valence-electron chi connectivity index (χ1n) is 11.9. The predicted octanol–water partition coefficient (Wildman–Crippen LogP) is 6.20. The van der Waals surface area contributed by atoms with Crippen LogP contribution in [0.4, 0.5) is 0 Å². The molecule has 1 saturated heterocycles. The Balaban J connectivity index is 1.39. The summed E-state index contributed by atoms with van der Waals surface area (Å²) < 4.78 is 6.45. The normalized spacial score (nSPS) is 45.5. The molecule has 3 saturated carbocycles. The average molecular weight is 430 g/mol. The lowest BCUT2D eigenvalue weighted by atomic mass is 9.45. The first-order valence-corrected chi connectivity index (χ1v) is 12.3. The number of benzene rings is 1. The molecule has 0 aromatic heterocycles. The summed E-state index contributed by atoms with van der Waals surface area (Å²) in [4.78, 5) is 14.5. The molecule has 1 aromatic carbocycles. The van der Waals surface area contributed by atoms with E-state index in [0.29, 0.717) is 29.4 Å². The molecular formula is C26H36ClNO2. The van der Waals surface area contributed by atoms with Gasteiger partial charge in [-0.15, -0.1) is 0 Å². The highest BCUT2D eigenvalue weighted by Crippen LogP contribution is 2.66. The Labute approximate surface area is 186 Å². The number of hydrogen-bond donors (Lipinski definition) is 0. The molecule has 1 heterocycles. The second kappa shape index (κ2) is 7.15. The molecule has 1 aliphatic heterocycles. The van der Waals surface area contributed by atoms with Crippen molar-refractivity contribution in [3.05, 3.63) is 29.3 Å². The van der Waals surface area contributed by atoms with Crippen molar-refractivity contribution < 1.29 is 9.53 Å². The van der Waals surface area contributed by atoms with Crippen molar-refractivity contribution in [1.82, 2.24) is 4.90 Å². The van der Waals surface area contributed by atoms with Crippen LogP contribution in [0.15, 0.2) is 24.3 Å². The van der Waals surface area contributed by atoms with Crippen molar-refractivity contribution >= 4 is 17.5 Å². The zero-order chi connectivity index (χ0) is 21.3. The number of fused-ring (bicyclic) bond motifs is 5. The summed E-state index contributed by atoms with van der Waals surface area (Å²) in [6, 6.07) is 8.25. The number of rotatable bonds is 2. The summed E-state index contributed by atoms with van der Waals surface area (Å²) in [6.07, 6.45) is 8.20. The zero-order valence-corrected chi connectivity index (χ0v) is 19.6. The number of carbonyl (C=O) groups is 1. The van der Waals surface area contributed by atoms with Crippen LogP contribution in [0.3, 0.4) is 0 Å². The molecular weight excluding hydrogens is 394 g/mol. The minimum Gasteiger partial charge on any atom is -0.490 e. The van der Waals surface area contributed by atoms with Gasteiger partial charge in [0.05, 0.1) is 6.10 Å². The number of halogens is 1. The topological polar surface area (TPSA) is 29.5 Å². The standard InChI is InChI=1S/C26H36ClNO2/c1-16-13-22-26(3,12-10-23(29)28(22)4)20-9-11-25(2)15-19(14-21(25)24(16)20)30-18-7-5-17(27)6-8-18/h5-8,16,19-22,24H,9-15H2,1-4H3/t16-,19-,20-,21-,22+,24+,25+,26+/m0/s1. The van der Waals surface area contributed by atoms with Gasteiger partial charge < -0.3 is 9.64 Å². The van der Waals surface area contributed by atoms with Gasteiger partial charge in [0.1, 0.15) is 5.75 Å². The summed E-state index contributed by atoms with van der Waals surface area (Å²) in [6.45, 7) is 7.49. The van der Waals surface area contributed by atoms with Gasteiger partial charge >= 0.3 is 0 Å². The molecule has 3 aliphatic carbocycles. The second-order valence-corrected chi connectivity index (χ2v) is 11.8. The van der Waals surface area contributed by atoms with E-state index >= 15 is 0 Å². The van der Waals surface area contributed by atoms with Gasteiger partial charge in [0.15, 0.2) is 0 Å². The lowest BCUT2D eigenvalue weighted by Gasteiger charge is -2.63. The van der Waals surface area contributed by atoms with E-state index in [2.05, 4.69) is 32.7 Å². The number of nitrogens with zero attached hydrogens (tertiary/aromatic N) is 1. The van der Waals surface area contributed by atoms with Gasteiger partial charge in [0.25, 0.3) is 0 Å². The Morgan fingerprint density at radius 1 is 1.10 bits per heavy atom. The maximum Gasteiger partial charge on any atom is 0.222 e. The summed E-state index contributed by atoms with van der Waals surface area (Å²) in [5.74, 6) is 4.17. The van der Waals surface area contributed by atoms with Gasteiger partial charge in [0.2, 0.25) is 5.91 Å². The number of ether oxygens (including phenoxy) is 1. The SMILES string of the molecule is C[C@H]1C[C@H]2N(C)C(=O)CC[C@]2(C)[C@H]2CC[C@]3(C)C[C@@H](Oc4ccc(Cl)cc4)C[C@H]3[C@H]12. The Kier molecular flexibility index (Phi) is 4.93. The largest absolute Gasteiger partial charge is 0.490 e. The van der Waals surface area contributed by atoms with E-state index in [1.165, 1.54) is 19.3 Å². The summed E-state index contributed by atoms with van der Waals surface area (Å²) in [7, 11) is 2.05.